The summed E-state index contributed by atoms with van der Waals surface area (Å²) in [6.07, 6.45) is 2.19. The van der Waals surface area contributed by atoms with Crippen molar-refractivity contribution in [3.63, 3.8) is 0 Å². The maximum atomic E-state index is 12.3. The maximum Gasteiger partial charge on any atom is 0.252 e. The Morgan fingerprint density at radius 1 is 1.12 bits per heavy atom. The van der Waals surface area contributed by atoms with Crippen molar-refractivity contribution in [2.45, 2.75) is 19.9 Å². The quantitative estimate of drug-likeness (QED) is 0.899. The molecule has 0 atom stereocenters. The first-order valence-electron chi connectivity index (χ1n) is 8.19. The third-order valence-electron chi connectivity index (χ3n) is 4.59. The number of aryl methyl sites for hydroxylation is 1. The van der Waals surface area contributed by atoms with Crippen LogP contribution in [0, 0.1) is 0 Å². The summed E-state index contributed by atoms with van der Waals surface area (Å²) in [4.78, 5) is 17.4. The van der Waals surface area contributed by atoms with Crippen LogP contribution in [0.4, 0.5) is 0 Å². The molecule has 3 rings (SSSR count). The fraction of sp³-hybridized carbons (Fsp3) is 0.471. The molecule has 24 heavy (non-hydrogen) atoms. The first-order chi connectivity index (χ1) is 11.4. The molecular weight excluding hydrogens is 326 g/mol. The van der Waals surface area contributed by atoms with E-state index in [0.717, 1.165) is 22.9 Å². The van der Waals surface area contributed by atoms with Gasteiger partial charge in [-0.15, -0.1) is 0 Å². The summed E-state index contributed by atoms with van der Waals surface area (Å²) in [6, 6.07) is 8.04. The zero-order valence-electron chi connectivity index (χ0n) is 14.1. The van der Waals surface area contributed by atoms with Crippen LogP contribution >= 0.6 is 0 Å². The van der Waals surface area contributed by atoms with Crippen LogP contribution in [-0.4, -0.2) is 55.0 Å². The average Bonchev–Trinajstić information content (AvgIpc) is 2.55. The molecule has 1 N–H and O–H groups in total. The molecule has 1 saturated heterocycles. The Balaban J connectivity index is 1.78. The lowest BCUT2D eigenvalue weighted by Crippen LogP contribution is -2.48. The predicted molar refractivity (Wildman–Crippen MR) is 95.6 cm³/mol. The third-order valence-corrected chi connectivity index (χ3v) is 5.89. The van der Waals surface area contributed by atoms with Crippen molar-refractivity contribution in [1.29, 1.82) is 0 Å². The van der Waals surface area contributed by atoms with Crippen molar-refractivity contribution in [1.82, 2.24) is 14.2 Å². The van der Waals surface area contributed by atoms with Crippen molar-refractivity contribution in [3.05, 3.63) is 45.7 Å². The van der Waals surface area contributed by atoms with Gasteiger partial charge in [-0.3, -0.25) is 9.69 Å². The number of nitrogens with zero attached hydrogens (tertiary/aromatic N) is 2. The summed E-state index contributed by atoms with van der Waals surface area (Å²) in [6.45, 7) is 4.88. The van der Waals surface area contributed by atoms with E-state index >= 15 is 0 Å². The van der Waals surface area contributed by atoms with Crippen LogP contribution in [0.15, 0.2) is 29.1 Å². The van der Waals surface area contributed by atoms with Gasteiger partial charge in [-0.2, -0.15) is 4.31 Å². The number of benzene rings is 1. The summed E-state index contributed by atoms with van der Waals surface area (Å²) in [5.41, 5.74) is 2.74. The molecule has 6 nitrogen and oxygen atoms in total. The molecule has 0 spiro atoms. The highest BCUT2D eigenvalue weighted by Gasteiger charge is 2.23. The minimum atomic E-state index is -3.13. The summed E-state index contributed by atoms with van der Waals surface area (Å²) in [7, 11) is -3.13. The second-order valence-electron chi connectivity index (χ2n) is 6.34. The van der Waals surface area contributed by atoms with Gasteiger partial charge in [0.1, 0.15) is 0 Å². The van der Waals surface area contributed by atoms with Gasteiger partial charge in [0, 0.05) is 43.8 Å². The van der Waals surface area contributed by atoms with Gasteiger partial charge in [0.2, 0.25) is 10.0 Å². The number of pyridine rings is 1. The van der Waals surface area contributed by atoms with Crippen molar-refractivity contribution < 1.29 is 8.42 Å². The normalized spacial score (nSPS) is 17.4. The van der Waals surface area contributed by atoms with Crippen LogP contribution in [0.3, 0.4) is 0 Å². The number of H-pyrrole nitrogens is 1. The van der Waals surface area contributed by atoms with Crippen LogP contribution in [0.2, 0.25) is 0 Å². The topological polar surface area (TPSA) is 73.5 Å². The average molecular weight is 349 g/mol. The van der Waals surface area contributed by atoms with E-state index in [1.807, 2.05) is 18.2 Å². The molecule has 7 heteroatoms. The highest BCUT2D eigenvalue weighted by atomic mass is 32.2. The molecule has 1 fully saturated rings. The molecule has 1 aliphatic rings. The molecule has 130 valence electrons. The molecule has 0 radical (unpaired) electrons. The molecule has 1 aliphatic heterocycles. The van der Waals surface area contributed by atoms with Crippen molar-refractivity contribution >= 4 is 20.9 Å². The fourth-order valence-corrected chi connectivity index (χ4v) is 3.93. The molecule has 0 unspecified atom stereocenters. The standard InChI is InChI=1S/C17H23N3O3S/c1-3-13-4-5-16-14(10-13)11-15(17(21)18-16)12-19-6-8-20(9-7-19)24(2,22)23/h4-5,10-11H,3,6-9,12H2,1-2H3,(H,18,21). The second-order valence-corrected chi connectivity index (χ2v) is 8.32. The monoisotopic (exact) mass is 349 g/mol. The smallest absolute Gasteiger partial charge is 0.252 e. The van der Waals surface area contributed by atoms with Gasteiger partial charge < -0.3 is 4.98 Å². The molecular formula is C17H23N3O3S. The lowest BCUT2D eigenvalue weighted by molar-refractivity contribution is 0.181. The molecule has 2 aromatic rings. The van der Waals surface area contributed by atoms with Crippen LogP contribution in [0.5, 0.6) is 0 Å². The minimum absolute atomic E-state index is 0.0720. The van der Waals surface area contributed by atoms with Gasteiger partial charge in [0.15, 0.2) is 0 Å². The largest absolute Gasteiger partial charge is 0.322 e. The number of fused-ring (bicyclic) bond motifs is 1. The van der Waals surface area contributed by atoms with Crippen LogP contribution in [0.1, 0.15) is 18.1 Å². The van der Waals surface area contributed by atoms with E-state index in [9.17, 15) is 13.2 Å². The molecule has 0 saturated carbocycles. The minimum Gasteiger partial charge on any atom is -0.322 e. The Bertz CT molecular complexity index is 897. The van der Waals surface area contributed by atoms with Gasteiger partial charge in [-0.05, 0) is 35.6 Å². The lowest BCUT2D eigenvalue weighted by atomic mass is 10.1. The zero-order valence-corrected chi connectivity index (χ0v) is 14.9. The van der Waals surface area contributed by atoms with Gasteiger partial charge in [-0.1, -0.05) is 13.0 Å². The van der Waals surface area contributed by atoms with Crippen molar-refractivity contribution in [2.75, 3.05) is 32.4 Å². The van der Waals surface area contributed by atoms with E-state index in [-0.39, 0.29) is 5.56 Å². The van der Waals surface area contributed by atoms with E-state index in [0.29, 0.717) is 32.7 Å². The van der Waals surface area contributed by atoms with E-state index in [2.05, 4.69) is 22.9 Å². The summed E-state index contributed by atoms with van der Waals surface area (Å²) < 4.78 is 24.6. The highest BCUT2D eigenvalue weighted by Crippen LogP contribution is 2.16. The van der Waals surface area contributed by atoms with Crippen LogP contribution < -0.4 is 5.56 Å². The Morgan fingerprint density at radius 2 is 1.83 bits per heavy atom. The Labute approximate surface area is 142 Å². The van der Waals surface area contributed by atoms with E-state index in [4.69, 9.17) is 0 Å². The van der Waals surface area contributed by atoms with Crippen molar-refractivity contribution in [2.24, 2.45) is 0 Å². The Kier molecular flexibility index (Phi) is 4.76. The van der Waals surface area contributed by atoms with E-state index in [1.165, 1.54) is 16.1 Å². The summed E-state index contributed by atoms with van der Waals surface area (Å²) in [5, 5.41) is 1.04. The Morgan fingerprint density at radius 3 is 2.46 bits per heavy atom. The number of sulfonamides is 1. The summed E-state index contributed by atoms with van der Waals surface area (Å²) in [5.74, 6) is 0. The predicted octanol–water partition coefficient (Wildman–Crippen LogP) is 1.17. The van der Waals surface area contributed by atoms with E-state index in [1.54, 1.807) is 0 Å². The van der Waals surface area contributed by atoms with Crippen LogP contribution in [-0.2, 0) is 23.0 Å². The lowest BCUT2D eigenvalue weighted by Gasteiger charge is -2.33. The molecule has 1 aromatic heterocycles. The number of nitrogens with one attached hydrogen (secondary N) is 1. The number of hydrogen-bond acceptors (Lipinski definition) is 4. The van der Waals surface area contributed by atoms with Gasteiger partial charge >= 0.3 is 0 Å². The molecule has 0 bridgehead atoms. The molecule has 0 amide bonds. The van der Waals surface area contributed by atoms with Gasteiger partial charge in [0.25, 0.3) is 5.56 Å². The number of rotatable bonds is 4. The first-order valence-corrected chi connectivity index (χ1v) is 10.0. The molecule has 0 aliphatic carbocycles. The summed E-state index contributed by atoms with van der Waals surface area (Å²) >= 11 is 0. The molecule has 2 heterocycles. The first kappa shape index (κ1) is 17.1. The fourth-order valence-electron chi connectivity index (χ4n) is 3.10. The Hall–Kier alpha value is -1.70. The highest BCUT2D eigenvalue weighted by molar-refractivity contribution is 7.88. The number of piperazine rings is 1. The van der Waals surface area contributed by atoms with Crippen molar-refractivity contribution in [3.8, 4) is 0 Å². The maximum absolute atomic E-state index is 12.3. The zero-order chi connectivity index (χ0) is 17.3. The number of aromatic nitrogens is 1. The van der Waals surface area contributed by atoms with E-state index < -0.39 is 10.0 Å². The number of hydrogen-bond donors (Lipinski definition) is 1. The SMILES string of the molecule is CCc1ccc2[nH]c(=O)c(CN3CCN(S(C)(=O)=O)CC3)cc2c1. The second kappa shape index (κ2) is 6.66. The molecule has 1 aromatic carbocycles. The number of aromatic amines is 1. The van der Waals surface area contributed by atoms with Gasteiger partial charge in [-0.25, -0.2) is 8.42 Å². The van der Waals surface area contributed by atoms with Crippen LogP contribution in [0.25, 0.3) is 10.9 Å². The third kappa shape index (κ3) is 3.68. The van der Waals surface area contributed by atoms with Gasteiger partial charge in [0.05, 0.1) is 6.26 Å².